The Kier molecular flexibility index (Phi) is 13.4. The third-order valence-electron chi connectivity index (χ3n) is 8.38. The molecule has 0 unspecified atom stereocenters. The molecule has 0 aliphatic carbocycles. The number of aldehydes is 1. The lowest BCUT2D eigenvalue weighted by molar-refractivity contribution is -0.123. The van der Waals surface area contributed by atoms with Gasteiger partial charge in [-0.15, -0.1) is 0 Å². The summed E-state index contributed by atoms with van der Waals surface area (Å²) in [6.07, 6.45) is 0.729. The van der Waals surface area contributed by atoms with Crippen LogP contribution in [0.2, 0.25) is 0 Å². The molecule has 0 bridgehead atoms. The standard InChI is InChI=1S/C22H27FN4O3.C18H17FN2O3/c1-4-29-12-11-27-19-13-17(30-16-7-5-15(23)6-8-16)9-10-18(19)26-20(27)14-25-22(2,3)21(24)28;1-2-23-10-9-21-17-11-15(7-8-16(17)20-18(21)12-22)24-14-5-3-13(19)4-6-14/h5-10,13,25H,4,11-12,14H2,1-3H3,(H2,24,28);3-8,11-12H,2,9-10H2,1H3. The number of imidazole rings is 2. The Balaban J connectivity index is 0.000000213. The van der Waals surface area contributed by atoms with Gasteiger partial charge in [0.1, 0.15) is 40.5 Å². The van der Waals surface area contributed by atoms with Crippen LogP contribution in [0.25, 0.3) is 22.1 Å². The molecule has 0 saturated carbocycles. The number of amides is 1. The molecular formula is C40H44F2N6O6. The molecule has 0 aliphatic rings. The Hall–Kier alpha value is -5.70. The number of hydrogen-bond donors (Lipinski definition) is 2. The molecule has 2 heterocycles. The number of benzene rings is 4. The Morgan fingerprint density at radius 3 is 1.69 bits per heavy atom. The highest BCUT2D eigenvalue weighted by Gasteiger charge is 2.25. The molecule has 4 aromatic carbocycles. The summed E-state index contributed by atoms with van der Waals surface area (Å²) < 4.78 is 52.4. The molecule has 14 heteroatoms. The molecule has 12 nitrogen and oxygen atoms in total. The lowest BCUT2D eigenvalue weighted by Gasteiger charge is -2.22. The van der Waals surface area contributed by atoms with Crippen molar-refractivity contribution < 1.29 is 37.3 Å². The zero-order chi connectivity index (χ0) is 38.7. The van der Waals surface area contributed by atoms with E-state index in [2.05, 4.69) is 10.3 Å². The van der Waals surface area contributed by atoms with Crippen molar-refractivity contribution in [2.75, 3.05) is 26.4 Å². The van der Waals surface area contributed by atoms with Gasteiger partial charge < -0.3 is 33.8 Å². The molecule has 284 valence electrons. The summed E-state index contributed by atoms with van der Waals surface area (Å²) in [5, 5.41) is 3.16. The van der Waals surface area contributed by atoms with E-state index in [-0.39, 0.29) is 11.6 Å². The van der Waals surface area contributed by atoms with Crippen LogP contribution in [-0.4, -0.2) is 63.3 Å². The van der Waals surface area contributed by atoms with Gasteiger partial charge in [0.25, 0.3) is 0 Å². The van der Waals surface area contributed by atoms with E-state index in [4.69, 9.17) is 29.7 Å². The highest BCUT2D eigenvalue weighted by Crippen LogP contribution is 2.28. The summed E-state index contributed by atoms with van der Waals surface area (Å²) in [7, 11) is 0. The number of nitrogens with zero attached hydrogens (tertiary/aromatic N) is 4. The predicted octanol–water partition coefficient (Wildman–Crippen LogP) is 7.17. The second-order valence-corrected chi connectivity index (χ2v) is 12.6. The highest BCUT2D eigenvalue weighted by molar-refractivity contribution is 5.84. The largest absolute Gasteiger partial charge is 0.457 e. The third kappa shape index (κ3) is 10.2. The van der Waals surface area contributed by atoms with Crippen LogP contribution in [0.15, 0.2) is 84.9 Å². The predicted molar refractivity (Wildman–Crippen MR) is 201 cm³/mol. The number of primary amides is 1. The lowest BCUT2D eigenvalue weighted by Crippen LogP contribution is -2.50. The van der Waals surface area contributed by atoms with Crippen LogP contribution in [0, 0.1) is 11.6 Å². The summed E-state index contributed by atoms with van der Waals surface area (Å²) in [5.41, 5.74) is 7.77. The van der Waals surface area contributed by atoms with Crippen molar-refractivity contribution in [2.24, 2.45) is 5.73 Å². The van der Waals surface area contributed by atoms with E-state index in [9.17, 15) is 18.4 Å². The van der Waals surface area contributed by atoms with Gasteiger partial charge in [0.15, 0.2) is 12.1 Å². The summed E-state index contributed by atoms with van der Waals surface area (Å²) >= 11 is 0. The maximum Gasteiger partial charge on any atom is 0.237 e. The molecular weight excluding hydrogens is 698 g/mol. The highest BCUT2D eigenvalue weighted by atomic mass is 19.1. The fraction of sp³-hybridized carbons (Fsp3) is 0.300. The van der Waals surface area contributed by atoms with Crippen LogP contribution in [-0.2, 0) is 33.9 Å². The number of carbonyl (C=O) groups excluding carboxylic acids is 2. The molecule has 3 N–H and O–H groups in total. The number of rotatable bonds is 17. The van der Waals surface area contributed by atoms with E-state index in [0.717, 1.165) is 28.7 Å². The molecule has 2 aromatic heterocycles. The van der Waals surface area contributed by atoms with Crippen LogP contribution in [0.4, 0.5) is 8.78 Å². The first-order valence-electron chi connectivity index (χ1n) is 17.5. The lowest BCUT2D eigenvalue weighted by atomic mass is 10.1. The van der Waals surface area contributed by atoms with Gasteiger partial charge in [-0.05, 0) is 100 Å². The minimum absolute atomic E-state index is 0.317. The quantitative estimate of drug-likeness (QED) is 0.0734. The Bertz CT molecular complexity index is 2170. The zero-order valence-electron chi connectivity index (χ0n) is 30.7. The molecule has 54 heavy (non-hydrogen) atoms. The van der Waals surface area contributed by atoms with E-state index in [1.54, 1.807) is 54.8 Å². The van der Waals surface area contributed by atoms with E-state index in [1.165, 1.54) is 24.3 Å². The number of hydrogen-bond acceptors (Lipinski definition) is 9. The van der Waals surface area contributed by atoms with Crippen LogP contribution >= 0.6 is 0 Å². The first-order valence-corrected chi connectivity index (χ1v) is 17.5. The van der Waals surface area contributed by atoms with Gasteiger partial charge >= 0.3 is 0 Å². The van der Waals surface area contributed by atoms with Crippen LogP contribution in [0.1, 0.15) is 44.1 Å². The molecule has 0 atom stereocenters. The van der Waals surface area contributed by atoms with Gasteiger partial charge in [-0.25, -0.2) is 18.7 Å². The van der Waals surface area contributed by atoms with E-state index in [1.807, 2.05) is 42.7 Å². The second-order valence-electron chi connectivity index (χ2n) is 12.6. The Morgan fingerprint density at radius 1 is 0.741 bits per heavy atom. The third-order valence-corrected chi connectivity index (χ3v) is 8.38. The fourth-order valence-corrected chi connectivity index (χ4v) is 5.37. The van der Waals surface area contributed by atoms with Gasteiger partial charge in [-0.3, -0.25) is 14.9 Å². The summed E-state index contributed by atoms with van der Waals surface area (Å²) in [4.78, 5) is 31.9. The van der Waals surface area contributed by atoms with Gasteiger partial charge in [0.2, 0.25) is 5.91 Å². The van der Waals surface area contributed by atoms with Crippen molar-refractivity contribution in [3.8, 4) is 23.0 Å². The average molecular weight is 743 g/mol. The number of ether oxygens (including phenoxy) is 4. The number of nitrogens with one attached hydrogen (secondary N) is 1. The first kappa shape index (κ1) is 39.5. The van der Waals surface area contributed by atoms with Crippen molar-refractivity contribution in [2.45, 2.75) is 52.9 Å². The number of fused-ring (bicyclic) bond motifs is 2. The Morgan fingerprint density at radius 2 is 1.20 bits per heavy atom. The van der Waals surface area contributed by atoms with Crippen molar-refractivity contribution >= 4 is 34.3 Å². The number of aromatic nitrogens is 4. The topological polar surface area (TPSA) is 145 Å². The average Bonchev–Trinajstić information content (AvgIpc) is 3.69. The molecule has 0 fully saturated rings. The van der Waals surface area contributed by atoms with Crippen molar-refractivity contribution in [3.63, 3.8) is 0 Å². The number of halogens is 2. The molecule has 0 aliphatic heterocycles. The first-order chi connectivity index (χ1) is 26.0. The van der Waals surface area contributed by atoms with Crippen molar-refractivity contribution in [1.29, 1.82) is 0 Å². The number of nitrogens with two attached hydrogens (primary N) is 1. The van der Waals surface area contributed by atoms with E-state index in [0.29, 0.717) is 80.4 Å². The molecule has 0 radical (unpaired) electrons. The van der Waals surface area contributed by atoms with Gasteiger partial charge in [-0.2, -0.15) is 0 Å². The maximum atomic E-state index is 13.1. The van der Waals surface area contributed by atoms with Crippen LogP contribution in [0.5, 0.6) is 23.0 Å². The van der Waals surface area contributed by atoms with Gasteiger partial charge in [0, 0.05) is 38.4 Å². The minimum Gasteiger partial charge on any atom is -0.457 e. The van der Waals surface area contributed by atoms with E-state index >= 15 is 0 Å². The molecule has 1 amide bonds. The fourth-order valence-electron chi connectivity index (χ4n) is 5.37. The summed E-state index contributed by atoms with van der Waals surface area (Å²) in [6.45, 7) is 11.1. The monoisotopic (exact) mass is 742 g/mol. The van der Waals surface area contributed by atoms with E-state index < -0.39 is 11.4 Å². The Labute approximate surface area is 311 Å². The SMILES string of the molecule is CCOCCn1c(C=O)nc2ccc(Oc3ccc(F)cc3)cc21.CCOCCn1c(CNC(C)(C)C(N)=O)nc2ccc(Oc3ccc(F)cc3)cc21. The van der Waals surface area contributed by atoms with Crippen molar-refractivity contribution in [1.82, 2.24) is 24.4 Å². The van der Waals surface area contributed by atoms with Crippen LogP contribution < -0.4 is 20.5 Å². The minimum atomic E-state index is -0.861. The molecule has 0 spiro atoms. The van der Waals surface area contributed by atoms with Crippen LogP contribution in [0.3, 0.4) is 0 Å². The normalized spacial score (nSPS) is 11.4. The van der Waals surface area contributed by atoms with Crippen molar-refractivity contribution in [3.05, 3.63) is 108 Å². The number of carbonyl (C=O) groups is 2. The smallest absolute Gasteiger partial charge is 0.237 e. The molecule has 0 saturated heterocycles. The summed E-state index contributed by atoms with van der Waals surface area (Å²) in [5.74, 6) is 2.32. The zero-order valence-corrected chi connectivity index (χ0v) is 30.7. The molecule has 6 aromatic rings. The van der Waals surface area contributed by atoms with Gasteiger partial charge in [-0.1, -0.05) is 0 Å². The second kappa shape index (κ2) is 18.4. The molecule has 6 rings (SSSR count). The van der Waals surface area contributed by atoms with Gasteiger partial charge in [0.05, 0.1) is 47.4 Å². The summed E-state index contributed by atoms with van der Waals surface area (Å²) in [6, 6.07) is 22.6. The maximum absolute atomic E-state index is 13.1.